The third-order valence-electron chi connectivity index (χ3n) is 3.63. The first-order valence-electron chi connectivity index (χ1n) is 5.39. The fourth-order valence-electron chi connectivity index (χ4n) is 2.47. The zero-order chi connectivity index (χ0) is 10.6. The highest BCUT2D eigenvalue weighted by Crippen LogP contribution is 2.48. The van der Waals surface area contributed by atoms with Crippen LogP contribution in [0.25, 0.3) is 15.7 Å². The number of hydrogen-bond donors (Lipinski definition) is 0. The molecule has 0 amide bonds. The van der Waals surface area contributed by atoms with E-state index in [0.29, 0.717) is 5.92 Å². The van der Waals surface area contributed by atoms with E-state index in [0.717, 1.165) is 0 Å². The van der Waals surface area contributed by atoms with Crippen LogP contribution < -0.4 is 0 Å². The molecule has 1 atom stereocenters. The van der Waals surface area contributed by atoms with E-state index >= 15 is 0 Å². The maximum atomic E-state index is 2.32. The lowest BCUT2D eigenvalue weighted by molar-refractivity contribution is 0.942. The van der Waals surface area contributed by atoms with Crippen molar-refractivity contribution in [3.05, 3.63) is 40.3 Å². The molecule has 0 spiro atoms. The molecule has 1 aromatic heterocycles. The SMILES string of the molecule is CC1=C(C)C(C)c2sc3ccccc3c21. The third kappa shape index (κ3) is 1.07. The molecule has 0 fully saturated rings. The molecular weight excluding hydrogens is 200 g/mol. The van der Waals surface area contributed by atoms with Gasteiger partial charge in [0.2, 0.25) is 0 Å². The summed E-state index contributed by atoms with van der Waals surface area (Å²) in [4.78, 5) is 1.56. The lowest BCUT2D eigenvalue weighted by Gasteiger charge is -2.03. The highest BCUT2D eigenvalue weighted by molar-refractivity contribution is 7.19. The van der Waals surface area contributed by atoms with Gasteiger partial charge in [-0.15, -0.1) is 11.3 Å². The Labute approximate surface area is 94.2 Å². The number of hydrogen-bond acceptors (Lipinski definition) is 1. The molecule has 0 nitrogen and oxygen atoms in total. The van der Waals surface area contributed by atoms with Crippen LogP contribution in [0.1, 0.15) is 37.1 Å². The van der Waals surface area contributed by atoms with Gasteiger partial charge in [0.25, 0.3) is 0 Å². The topological polar surface area (TPSA) is 0 Å². The minimum Gasteiger partial charge on any atom is -0.139 e. The predicted octanol–water partition coefficient (Wildman–Crippen LogP) is 4.81. The molecule has 2 aromatic rings. The van der Waals surface area contributed by atoms with Gasteiger partial charge in [-0.25, -0.2) is 0 Å². The molecule has 0 saturated carbocycles. The summed E-state index contributed by atoms with van der Waals surface area (Å²) < 4.78 is 1.43. The van der Waals surface area contributed by atoms with Gasteiger partial charge in [-0.1, -0.05) is 30.7 Å². The monoisotopic (exact) mass is 214 g/mol. The Morgan fingerprint density at radius 1 is 1.13 bits per heavy atom. The van der Waals surface area contributed by atoms with Crippen LogP contribution in [0.15, 0.2) is 29.8 Å². The quantitative estimate of drug-likeness (QED) is 0.590. The molecule has 76 valence electrons. The highest BCUT2D eigenvalue weighted by atomic mass is 32.1. The van der Waals surface area contributed by atoms with E-state index in [2.05, 4.69) is 45.0 Å². The minimum atomic E-state index is 0.623. The van der Waals surface area contributed by atoms with Crippen LogP contribution in [-0.2, 0) is 0 Å². The number of benzene rings is 1. The average molecular weight is 214 g/mol. The van der Waals surface area contributed by atoms with Gasteiger partial charge in [0.05, 0.1) is 0 Å². The second-order valence-electron chi connectivity index (χ2n) is 4.37. The summed E-state index contributed by atoms with van der Waals surface area (Å²) in [6, 6.07) is 8.75. The van der Waals surface area contributed by atoms with Crippen LogP contribution in [0.3, 0.4) is 0 Å². The zero-order valence-corrected chi connectivity index (χ0v) is 10.1. The van der Waals surface area contributed by atoms with Gasteiger partial charge in [0, 0.05) is 20.9 Å². The number of rotatable bonds is 0. The largest absolute Gasteiger partial charge is 0.139 e. The van der Waals surface area contributed by atoms with Gasteiger partial charge < -0.3 is 0 Å². The average Bonchev–Trinajstić information content (AvgIpc) is 2.72. The second-order valence-corrected chi connectivity index (χ2v) is 5.45. The first-order valence-corrected chi connectivity index (χ1v) is 6.21. The summed E-state index contributed by atoms with van der Waals surface area (Å²) in [7, 11) is 0. The van der Waals surface area contributed by atoms with Crippen molar-refractivity contribution in [2.75, 3.05) is 0 Å². The molecule has 0 saturated heterocycles. The third-order valence-corrected chi connectivity index (χ3v) is 4.99. The first-order chi connectivity index (χ1) is 7.20. The van der Waals surface area contributed by atoms with E-state index in [4.69, 9.17) is 0 Å². The van der Waals surface area contributed by atoms with Crippen molar-refractivity contribution in [2.24, 2.45) is 0 Å². The molecule has 1 aliphatic carbocycles. The summed E-state index contributed by atoms with van der Waals surface area (Å²) in [5, 5.41) is 1.44. The van der Waals surface area contributed by atoms with Crippen molar-refractivity contribution in [3.8, 4) is 0 Å². The molecule has 1 aromatic carbocycles. The Bertz CT molecular complexity index is 572. The Balaban J connectivity index is 2.43. The summed E-state index contributed by atoms with van der Waals surface area (Å²) in [5.74, 6) is 0.623. The smallest absolute Gasteiger partial charge is 0.0352 e. The molecule has 0 bridgehead atoms. The van der Waals surface area contributed by atoms with E-state index in [1.165, 1.54) is 21.2 Å². The van der Waals surface area contributed by atoms with Gasteiger partial charge in [-0.05, 0) is 31.1 Å². The van der Waals surface area contributed by atoms with Crippen molar-refractivity contribution in [1.29, 1.82) is 0 Å². The maximum absolute atomic E-state index is 2.32. The van der Waals surface area contributed by atoms with Crippen LogP contribution in [0, 0.1) is 0 Å². The minimum absolute atomic E-state index is 0.623. The fourth-order valence-corrected chi connectivity index (χ4v) is 3.86. The Kier molecular flexibility index (Phi) is 1.81. The second kappa shape index (κ2) is 2.96. The Morgan fingerprint density at radius 2 is 1.87 bits per heavy atom. The van der Waals surface area contributed by atoms with E-state index in [1.807, 2.05) is 11.3 Å². The lowest BCUT2D eigenvalue weighted by atomic mass is 10.1. The van der Waals surface area contributed by atoms with E-state index in [-0.39, 0.29) is 0 Å². The van der Waals surface area contributed by atoms with Crippen molar-refractivity contribution < 1.29 is 0 Å². The number of fused-ring (bicyclic) bond motifs is 3. The molecule has 3 rings (SSSR count). The van der Waals surface area contributed by atoms with Gasteiger partial charge in [-0.2, -0.15) is 0 Å². The van der Waals surface area contributed by atoms with Crippen LogP contribution in [-0.4, -0.2) is 0 Å². The summed E-state index contributed by atoms with van der Waals surface area (Å²) in [6.45, 7) is 6.85. The van der Waals surface area contributed by atoms with Crippen LogP contribution >= 0.6 is 11.3 Å². The van der Waals surface area contributed by atoms with Crippen molar-refractivity contribution >= 4 is 27.0 Å². The van der Waals surface area contributed by atoms with Crippen molar-refractivity contribution in [1.82, 2.24) is 0 Å². The van der Waals surface area contributed by atoms with Gasteiger partial charge in [0.15, 0.2) is 0 Å². The summed E-state index contributed by atoms with van der Waals surface area (Å²) >= 11 is 1.96. The van der Waals surface area contributed by atoms with Crippen molar-refractivity contribution in [3.63, 3.8) is 0 Å². The van der Waals surface area contributed by atoms with Crippen LogP contribution in [0.4, 0.5) is 0 Å². The summed E-state index contributed by atoms with van der Waals surface area (Å²) in [6.07, 6.45) is 0. The molecule has 1 heterocycles. The Hall–Kier alpha value is -1.08. The predicted molar refractivity (Wildman–Crippen MR) is 68.5 cm³/mol. The van der Waals surface area contributed by atoms with Gasteiger partial charge in [-0.3, -0.25) is 0 Å². The van der Waals surface area contributed by atoms with Crippen LogP contribution in [0.5, 0.6) is 0 Å². The zero-order valence-electron chi connectivity index (χ0n) is 9.29. The van der Waals surface area contributed by atoms with Gasteiger partial charge >= 0.3 is 0 Å². The molecule has 1 heteroatoms. The molecule has 1 unspecified atom stereocenters. The van der Waals surface area contributed by atoms with E-state index in [1.54, 1.807) is 10.5 Å². The first kappa shape index (κ1) is 9.17. The normalized spacial score (nSPS) is 20.1. The molecule has 1 aliphatic rings. The molecular formula is C14H14S. The lowest BCUT2D eigenvalue weighted by Crippen LogP contribution is -1.84. The Morgan fingerprint density at radius 3 is 2.67 bits per heavy atom. The van der Waals surface area contributed by atoms with Crippen molar-refractivity contribution in [2.45, 2.75) is 26.7 Å². The number of thiophene rings is 1. The summed E-state index contributed by atoms with van der Waals surface area (Å²) in [5.41, 5.74) is 4.55. The van der Waals surface area contributed by atoms with Gasteiger partial charge in [0.1, 0.15) is 0 Å². The maximum Gasteiger partial charge on any atom is 0.0352 e. The number of allylic oxidation sites excluding steroid dienone is 2. The molecule has 15 heavy (non-hydrogen) atoms. The molecule has 0 radical (unpaired) electrons. The molecule has 0 aliphatic heterocycles. The van der Waals surface area contributed by atoms with E-state index < -0.39 is 0 Å². The highest BCUT2D eigenvalue weighted by Gasteiger charge is 2.26. The standard InChI is InChI=1S/C14H14S/c1-8-9(2)13-11-6-4-5-7-12(11)15-14(13)10(8)3/h4-7,10H,1-3H3. The van der Waals surface area contributed by atoms with E-state index in [9.17, 15) is 0 Å². The fraction of sp³-hybridized carbons (Fsp3) is 0.286. The molecule has 0 N–H and O–H groups in total. The van der Waals surface area contributed by atoms with Crippen LogP contribution in [0.2, 0.25) is 0 Å².